The lowest BCUT2D eigenvalue weighted by Gasteiger charge is -2.22. The molecule has 0 saturated carbocycles. The first kappa shape index (κ1) is 20.2. The number of carbonyl (C=O) groups is 1. The van der Waals surface area contributed by atoms with Crippen LogP contribution >= 0.6 is 11.5 Å². The summed E-state index contributed by atoms with van der Waals surface area (Å²) in [6, 6.07) is 12.1. The topological polar surface area (TPSA) is 61.4 Å². The summed E-state index contributed by atoms with van der Waals surface area (Å²) in [5.74, 6) is -0.0244. The number of amides is 2. The van der Waals surface area contributed by atoms with Crippen LogP contribution in [0.15, 0.2) is 48.5 Å². The van der Waals surface area contributed by atoms with Crippen LogP contribution in [0.3, 0.4) is 0 Å². The number of carbonyl (C=O) groups excluding carboxylic acids is 1. The lowest BCUT2D eigenvalue weighted by molar-refractivity contribution is 0.215. The van der Waals surface area contributed by atoms with Crippen LogP contribution in [-0.2, 0) is 6.42 Å². The number of benzene rings is 2. The SMILES string of the molecule is O=C(Nc1ccccc1F)N1CCCN(c2nc(Cc3ccc(F)cc3)ns2)CC1. The first-order valence-corrected chi connectivity index (χ1v) is 10.5. The Hall–Kier alpha value is -3.07. The van der Waals surface area contributed by atoms with Gasteiger partial charge in [-0.3, -0.25) is 0 Å². The van der Waals surface area contributed by atoms with Crippen molar-refractivity contribution in [2.45, 2.75) is 12.8 Å². The van der Waals surface area contributed by atoms with Gasteiger partial charge in [-0.15, -0.1) is 0 Å². The van der Waals surface area contributed by atoms with Crippen LogP contribution < -0.4 is 10.2 Å². The van der Waals surface area contributed by atoms with Crippen molar-refractivity contribution in [1.29, 1.82) is 0 Å². The highest BCUT2D eigenvalue weighted by atomic mass is 32.1. The van der Waals surface area contributed by atoms with Crippen molar-refractivity contribution in [3.63, 3.8) is 0 Å². The third-order valence-corrected chi connectivity index (χ3v) is 5.72. The third-order valence-electron chi connectivity index (χ3n) is 4.90. The number of rotatable bonds is 4. The summed E-state index contributed by atoms with van der Waals surface area (Å²) in [6.07, 6.45) is 1.32. The maximum atomic E-state index is 13.8. The van der Waals surface area contributed by atoms with E-state index in [-0.39, 0.29) is 17.5 Å². The van der Waals surface area contributed by atoms with Crippen LogP contribution in [0.5, 0.6) is 0 Å². The van der Waals surface area contributed by atoms with E-state index < -0.39 is 5.82 Å². The minimum Gasteiger partial charge on any atom is -0.345 e. The molecule has 156 valence electrons. The number of anilines is 2. The van der Waals surface area contributed by atoms with Crippen molar-refractivity contribution in [3.05, 3.63) is 71.6 Å². The van der Waals surface area contributed by atoms with E-state index in [1.54, 1.807) is 35.2 Å². The van der Waals surface area contributed by atoms with Gasteiger partial charge in [-0.1, -0.05) is 24.3 Å². The molecule has 0 aliphatic carbocycles. The van der Waals surface area contributed by atoms with Crippen molar-refractivity contribution in [3.8, 4) is 0 Å². The molecule has 2 heterocycles. The van der Waals surface area contributed by atoms with E-state index >= 15 is 0 Å². The molecule has 0 radical (unpaired) electrons. The number of para-hydroxylation sites is 1. The summed E-state index contributed by atoms with van der Waals surface area (Å²) >= 11 is 1.32. The Morgan fingerprint density at radius 2 is 1.83 bits per heavy atom. The van der Waals surface area contributed by atoms with Gasteiger partial charge in [0.2, 0.25) is 5.13 Å². The normalized spacial score (nSPS) is 14.5. The van der Waals surface area contributed by atoms with E-state index in [0.29, 0.717) is 31.9 Å². The van der Waals surface area contributed by atoms with Gasteiger partial charge in [0, 0.05) is 44.1 Å². The Morgan fingerprint density at radius 3 is 2.63 bits per heavy atom. The molecule has 0 spiro atoms. The predicted octanol–water partition coefficient (Wildman–Crippen LogP) is 4.15. The molecule has 3 aromatic rings. The number of urea groups is 1. The molecule has 1 N–H and O–H groups in total. The molecule has 6 nitrogen and oxygen atoms in total. The molecule has 30 heavy (non-hydrogen) atoms. The molecular formula is C21H21F2N5OS. The molecular weight excluding hydrogens is 408 g/mol. The van der Waals surface area contributed by atoms with Crippen LogP contribution in [0, 0.1) is 11.6 Å². The summed E-state index contributed by atoms with van der Waals surface area (Å²) in [5, 5.41) is 3.45. The second kappa shape index (κ2) is 9.17. The Morgan fingerprint density at radius 1 is 1.03 bits per heavy atom. The van der Waals surface area contributed by atoms with Crippen molar-refractivity contribution in [2.24, 2.45) is 0 Å². The minimum atomic E-state index is -0.454. The Bertz CT molecular complexity index is 1010. The van der Waals surface area contributed by atoms with Gasteiger partial charge in [0.05, 0.1) is 5.69 Å². The Kier molecular flexibility index (Phi) is 6.18. The van der Waals surface area contributed by atoms with Crippen LogP contribution in [-0.4, -0.2) is 46.5 Å². The standard InChI is InChI=1S/C21H21F2N5OS/c22-16-8-6-15(7-9-16)14-19-25-21(30-26-19)28-11-3-10-27(12-13-28)20(29)24-18-5-2-1-4-17(18)23/h1-2,4-9H,3,10-14H2,(H,24,29). The maximum Gasteiger partial charge on any atom is 0.321 e. The highest BCUT2D eigenvalue weighted by molar-refractivity contribution is 7.09. The van der Waals surface area contributed by atoms with Crippen molar-refractivity contribution >= 4 is 28.4 Å². The largest absolute Gasteiger partial charge is 0.345 e. The summed E-state index contributed by atoms with van der Waals surface area (Å²) in [4.78, 5) is 20.9. The fraction of sp³-hybridized carbons (Fsp3) is 0.286. The molecule has 0 unspecified atom stereocenters. The quantitative estimate of drug-likeness (QED) is 0.677. The monoisotopic (exact) mass is 429 g/mol. The summed E-state index contributed by atoms with van der Waals surface area (Å²) in [7, 11) is 0. The van der Waals surface area contributed by atoms with Gasteiger partial charge in [0.25, 0.3) is 0 Å². The molecule has 0 atom stereocenters. The predicted molar refractivity (Wildman–Crippen MR) is 113 cm³/mol. The smallest absolute Gasteiger partial charge is 0.321 e. The lowest BCUT2D eigenvalue weighted by atomic mass is 10.1. The number of nitrogens with one attached hydrogen (secondary N) is 1. The Balaban J connectivity index is 1.35. The molecule has 1 fully saturated rings. The van der Waals surface area contributed by atoms with Gasteiger partial charge >= 0.3 is 6.03 Å². The molecule has 2 aromatic carbocycles. The molecule has 1 saturated heterocycles. The van der Waals surface area contributed by atoms with E-state index in [2.05, 4.69) is 19.6 Å². The van der Waals surface area contributed by atoms with Crippen LogP contribution in [0.2, 0.25) is 0 Å². The van der Waals surface area contributed by atoms with Crippen LogP contribution in [0.25, 0.3) is 0 Å². The number of hydrogen-bond donors (Lipinski definition) is 1. The summed E-state index contributed by atoms with van der Waals surface area (Å²) in [6.45, 7) is 2.47. The second-order valence-corrected chi connectivity index (χ2v) is 7.76. The second-order valence-electron chi connectivity index (χ2n) is 7.03. The van der Waals surface area contributed by atoms with Gasteiger partial charge in [-0.05, 0) is 36.2 Å². The highest BCUT2D eigenvalue weighted by Gasteiger charge is 2.22. The zero-order chi connectivity index (χ0) is 20.9. The van der Waals surface area contributed by atoms with E-state index in [0.717, 1.165) is 23.7 Å². The Labute approximate surface area is 177 Å². The summed E-state index contributed by atoms with van der Waals surface area (Å²) in [5.41, 5.74) is 1.13. The van der Waals surface area contributed by atoms with E-state index in [9.17, 15) is 13.6 Å². The molecule has 4 rings (SSSR count). The minimum absolute atomic E-state index is 0.179. The molecule has 9 heteroatoms. The molecule has 1 aromatic heterocycles. The van der Waals surface area contributed by atoms with Gasteiger partial charge < -0.3 is 15.1 Å². The number of aromatic nitrogens is 2. The molecule has 1 aliphatic rings. The van der Waals surface area contributed by atoms with E-state index in [1.165, 1.54) is 29.7 Å². The zero-order valence-electron chi connectivity index (χ0n) is 16.2. The lowest BCUT2D eigenvalue weighted by Crippen LogP contribution is -2.38. The summed E-state index contributed by atoms with van der Waals surface area (Å²) < 4.78 is 31.3. The van der Waals surface area contributed by atoms with Gasteiger partial charge in [0.15, 0.2) is 0 Å². The fourth-order valence-electron chi connectivity index (χ4n) is 3.30. The molecule has 1 aliphatic heterocycles. The van der Waals surface area contributed by atoms with Crippen LogP contribution in [0.1, 0.15) is 17.8 Å². The van der Waals surface area contributed by atoms with Gasteiger partial charge in [-0.25, -0.2) is 18.6 Å². The maximum absolute atomic E-state index is 13.8. The average Bonchev–Trinajstić information content (AvgIpc) is 3.06. The van der Waals surface area contributed by atoms with Crippen LogP contribution in [0.4, 0.5) is 24.4 Å². The number of hydrogen-bond acceptors (Lipinski definition) is 5. The number of halogens is 2. The number of nitrogens with zero attached hydrogens (tertiary/aromatic N) is 4. The van der Waals surface area contributed by atoms with Gasteiger partial charge in [-0.2, -0.15) is 4.37 Å². The third kappa shape index (κ3) is 4.91. The zero-order valence-corrected chi connectivity index (χ0v) is 17.0. The molecule has 2 amide bonds. The van der Waals surface area contributed by atoms with Crippen molar-refractivity contribution in [2.75, 3.05) is 36.4 Å². The highest BCUT2D eigenvalue weighted by Crippen LogP contribution is 2.21. The fourth-order valence-corrected chi connectivity index (χ4v) is 4.04. The van der Waals surface area contributed by atoms with Crippen molar-refractivity contribution < 1.29 is 13.6 Å². The van der Waals surface area contributed by atoms with E-state index in [4.69, 9.17) is 0 Å². The first-order valence-electron chi connectivity index (χ1n) is 9.71. The first-order chi connectivity index (χ1) is 14.6. The van der Waals surface area contributed by atoms with E-state index in [1.807, 2.05) is 0 Å². The van der Waals surface area contributed by atoms with Gasteiger partial charge in [0.1, 0.15) is 17.5 Å². The molecule has 0 bridgehead atoms. The average molecular weight is 429 g/mol. The van der Waals surface area contributed by atoms with Crippen molar-refractivity contribution in [1.82, 2.24) is 14.3 Å².